The van der Waals surface area contributed by atoms with Gasteiger partial charge in [0.05, 0.1) is 12.6 Å². The molecule has 2 aromatic carbocycles. The molecule has 0 radical (unpaired) electrons. The predicted molar refractivity (Wildman–Crippen MR) is 113 cm³/mol. The van der Waals surface area contributed by atoms with Crippen LogP contribution in [-0.2, 0) is 9.53 Å². The molecule has 1 aliphatic rings. The van der Waals surface area contributed by atoms with Gasteiger partial charge in [-0.05, 0) is 48.7 Å². The molecule has 2 aromatic rings. The molecule has 30 heavy (non-hydrogen) atoms. The van der Waals surface area contributed by atoms with E-state index in [1.807, 2.05) is 4.90 Å². The zero-order chi connectivity index (χ0) is 21.5. The molecule has 3 rings (SSSR count). The van der Waals surface area contributed by atoms with Crippen molar-refractivity contribution in [3.63, 3.8) is 0 Å². The maximum absolute atomic E-state index is 13.4. The zero-order valence-electron chi connectivity index (χ0n) is 17.3. The maximum Gasteiger partial charge on any atom is 0.251 e. The predicted octanol–water partition coefficient (Wildman–Crippen LogP) is 4.18. The summed E-state index contributed by atoms with van der Waals surface area (Å²) in [4.78, 5) is 16.7. The van der Waals surface area contributed by atoms with E-state index in [0.29, 0.717) is 39.2 Å². The molecule has 0 bridgehead atoms. The third kappa shape index (κ3) is 5.52. The number of nitrogens with zero attached hydrogens (tertiary/aromatic N) is 2. The monoisotopic (exact) mass is 414 g/mol. The first-order chi connectivity index (χ1) is 14.5. The minimum absolute atomic E-state index is 0.0150. The quantitative estimate of drug-likeness (QED) is 0.480. The number of rotatable bonds is 8. The lowest BCUT2D eigenvalue weighted by Gasteiger charge is -2.40. The zero-order valence-corrected chi connectivity index (χ0v) is 17.3. The fraction of sp³-hybridized carbons (Fsp3) is 0.375. The van der Waals surface area contributed by atoms with Gasteiger partial charge in [-0.25, -0.2) is 8.78 Å². The summed E-state index contributed by atoms with van der Waals surface area (Å²) >= 11 is 0. The minimum atomic E-state index is -0.485. The molecular formula is C24H28F2N2O2. The SMILES string of the molecule is C=CCCOC(C)C(=O)N1CCN(C(c2ccc(F)cc2)c2ccc(F)cc2)CC1. The Balaban J connectivity index is 1.70. The van der Waals surface area contributed by atoms with Crippen molar-refractivity contribution in [3.8, 4) is 0 Å². The summed E-state index contributed by atoms with van der Waals surface area (Å²) in [6.45, 7) is 8.38. The highest BCUT2D eigenvalue weighted by Crippen LogP contribution is 2.30. The first-order valence-electron chi connectivity index (χ1n) is 10.3. The van der Waals surface area contributed by atoms with Crippen molar-refractivity contribution in [1.82, 2.24) is 9.80 Å². The first kappa shape index (κ1) is 22.1. The van der Waals surface area contributed by atoms with Gasteiger partial charge in [-0.3, -0.25) is 9.69 Å². The Bertz CT molecular complexity index is 786. The molecule has 0 saturated carbocycles. The van der Waals surface area contributed by atoms with Crippen LogP contribution in [0.15, 0.2) is 61.2 Å². The number of hydrogen-bond acceptors (Lipinski definition) is 3. The molecule has 1 saturated heterocycles. The molecule has 0 aromatic heterocycles. The van der Waals surface area contributed by atoms with E-state index in [0.717, 1.165) is 11.1 Å². The number of carbonyl (C=O) groups is 1. The van der Waals surface area contributed by atoms with E-state index in [4.69, 9.17) is 4.74 Å². The van der Waals surface area contributed by atoms with Gasteiger partial charge in [0.25, 0.3) is 5.91 Å². The fourth-order valence-electron chi connectivity index (χ4n) is 3.76. The average molecular weight is 414 g/mol. The molecule has 0 aliphatic carbocycles. The van der Waals surface area contributed by atoms with Crippen LogP contribution in [0.25, 0.3) is 0 Å². The van der Waals surface area contributed by atoms with Crippen LogP contribution < -0.4 is 0 Å². The fourth-order valence-corrected chi connectivity index (χ4v) is 3.76. The second kappa shape index (κ2) is 10.5. The van der Waals surface area contributed by atoms with Gasteiger partial charge in [-0.2, -0.15) is 0 Å². The lowest BCUT2D eigenvalue weighted by Crippen LogP contribution is -2.52. The Hall–Kier alpha value is -2.57. The van der Waals surface area contributed by atoms with E-state index in [9.17, 15) is 13.6 Å². The Morgan fingerprint density at radius 3 is 1.97 bits per heavy atom. The molecule has 1 amide bonds. The molecule has 6 heteroatoms. The number of amides is 1. The minimum Gasteiger partial charge on any atom is -0.368 e. The van der Waals surface area contributed by atoms with Crippen molar-refractivity contribution in [3.05, 3.63) is 83.9 Å². The van der Waals surface area contributed by atoms with Crippen LogP contribution in [0.2, 0.25) is 0 Å². The summed E-state index contributed by atoms with van der Waals surface area (Å²) in [7, 11) is 0. The molecule has 0 spiro atoms. The number of carbonyl (C=O) groups excluding carboxylic acids is 1. The Kier molecular flexibility index (Phi) is 7.71. The standard InChI is InChI=1S/C24H28F2N2O2/c1-3-4-17-30-18(2)24(29)28-15-13-27(14-16-28)23(19-5-9-21(25)10-6-19)20-7-11-22(26)12-8-20/h3,5-12,18,23H,1,4,13-17H2,2H3. The van der Waals surface area contributed by atoms with Crippen LogP contribution in [0.5, 0.6) is 0 Å². The van der Waals surface area contributed by atoms with Crippen LogP contribution in [-0.4, -0.2) is 54.6 Å². The summed E-state index contributed by atoms with van der Waals surface area (Å²) < 4.78 is 32.5. The van der Waals surface area contributed by atoms with Crippen LogP contribution in [0.4, 0.5) is 8.78 Å². The normalized spacial score (nSPS) is 15.9. The second-order valence-electron chi connectivity index (χ2n) is 7.46. The number of halogens is 2. The molecule has 0 N–H and O–H groups in total. The largest absolute Gasteiger partial charge is 0.368 e. The summed E-state index contributed by atoms with van der Waals surface area (Å²) in [6.07, 6.45) is 1.99. The third-order valence-corrected chi connectivity index (χ3v) is 5.40. The third-order valence-electron chi connectivity index (χ3n) is 5.40. The van der Waals surface area contributed by atoms with Crippen molar-refractivity contribution >= 4 is 5.91 Å². The van der Waals surface area contributed by atoms with Crippen molar-refractivity contribution in [2.45, 2.75) is 25.5 Å². The molecule has 4 nitrogen and oxygen atoms in total. The first-order valence-corrected chi connectivity index (χ1v) is 10.3. The number of piperazine rings is 1. The number of hydrogen-bond donors (Lipinski definition) is 0. The number of benzene rings is 2. The van der Waals surface area contributed by atoms with E-state index in [1.54, 1.807) is 37.3 Å². The highest BCUT2D eigenvalue weighted by molar-refractivity contribution is 5.80. The van der Waals surface area contributed by atoms with E-state index in [2.05, 4.69) is 11.5 Å². The van der Waals surface area contributed by atoms with E-state index in [1.165, 1.54) is 24.3 Å². The van der Waals surface area contributed by atoms with Gasteiger partial charge in [0, 0.05) is 26.2 Å². The lowest BCUT2D eigenvalue weighted by atomic mass is 9.96. The summed E-state index contributed by atoms with van der Waals surface area (Å²) in [5.74, 6) is -0.603. The Labute approximate surface area is 176 Å². The van der Waals surface area contributed by atoms with Crippen LogP contribution >= 0.6 is 0 Å². The Morgan fingerprint density at radius 2 is 1.50 bits per heavy atom. The van der Waals surface area contributed by atoms with Gasteiger partial charge >= 0.3 is 0 Å². The molecule has 1 atom stereocenters. The smallest absolute Gasteiger partial charge is 0.251 e. The van der Waals surface area contributed by atoms with E-state index >= 15 is 0 Å². The molecule has 1 aliphatic heterocycles. The average Bonchev–Trinajstić information content (AvgIpc) is 2.76. The summed E-state index contributed by atoms with van der Waals surface area (Å²) in [5, 5.41) is 0. The summed E-state index contributed by atoms with van der Waals surface area (Å²) in [5.41, 5.74) is 1.87. The van der Waals surface area contributed by atoms with Gasteiger partial charge in [-0.1, -0.05) is 30.3 Å². The highest BCUT2D eigenvalue weighted by atomic mass is 19.1. The molecule has 160 valence electrons. The van der Waals surface area contributed by atoms with Crippen LogP contribution in [0.1, 0.15) is 30.5 Å². The second-order valence-corrected chi connectivity index (χ2v) is 7.46. The Morgan fingerprint density at radius 1 is 1.00 bits per heavy atom. The maximum atomic E-state index is 13.4. The topological polar surface area (TPSA) is 32.8 Å². The summed E-state index contributed by atoms with van der Waals surface area (Å²) in [6, 6.07) is 12.7. The van der Waals surface area contributed by atoms with Crippen molar-refractivity contribution < 1.29 is 18.3 Å². The van der Waals surface area contributed by atoms with Crippen LogP contribution in [0.3, 0.4) is 0 Å². The highest BCUT2D eigenvalue weighted by Gasteiger charge is 2.30. The van der Waals surface area contributed by atoms with Gasteiger partial charge in [0.2, 0.25) is 0 Å². The van der Waals surface area contributed by atoms with Crippen molar-refractivity contribution in [2.75, 3.05) is 32.8 Å². The van der Waals surface area contributed by atoms with E-state index in [-0.39, 0.29) is 23.6 Å². The van der Waals surface area contributed by atoms with Gasteiger partial charge in [0.1, 0.15) is 17.7 Å². The van der Waals surface area contributed by atoms with Gasteiger partial charge in [0.15, 0.2) is 0 Å². The van der Waals surface area contributed by atoms with Gasteiger partial charge in [-0.15, -0.1) is 6.58 Å². The number of ether oxygens (including phenoxy) is 1. The van der Waals surface area contributed by atoms with Crippen molar-refractivity contribution in [1.29, 1.82) is 0 Å². The van der Waals surface area contributed by atoms with Gasteiger partial charge < -0.3 is 9.64 Å². The van der Waals surface area contributed by atoms with Crippen LogP contribution in [0, 0.1) is 11.6 Å². The van der Waals surface area contributed by atoms with E-state index < -0.39 is 6.10 Å². The molecule has 1 heterocycles. The molecular weight excluding hydrogens is 386 g/mol. The lowest BCUT2D eigenvalue weighted by molar-refractivity contribution is -0.144. The van der Waals surface area contributed by atoms with Crippen molar-refractivity contribution in [2.24, 2.45) is 0 Å². The molecule has 1 fully saturated rings. The molecule has 1 unspecified atom stereocenters.